The molecule has 0 aromatic heterocycles. The van der Waals surface area contributed by atoms with E-state index in [1.54, 1.807) is 0 Å². The molecule has 0 aliphatic carbocycles. The number of carboxylic acids is 1. The largest absolute Gasteiger partial charge is 0.478 e. The van der Waals surface area contributed by atoms with Gasteiger partial charge in [0.2, 0.25) is 0 Å². The maximum atomic E-state index is 13.0. The minimum atomic E-state index is -1.26. The highest BCUT2D eigenvalue weighted by molar-refractivity contribution is 6.32. The van der Waals surface area contributed by atoms with Gasteiger partial charge in [0.25, 0.3) is 0 Å². The molecule has 74 valence electrons. The third-order valence-electron chi connectivity index (χ3n) is 1.47. The summed E-state index contributed by atoms with van der Waals surface area (Å²) >= 11 is 5.42. The lowest BCUT2D eigenvalue weighted by Gasteiger charge is -2.00. The maximum absolute atomic E-state index is 13.0. The highest BCUT2D eigenvalue weighted by Crippen LogP contribution is 2.23. The van der Waals surface area contributed by atoms with E-state index in [1.807, 2.05) is 0 Å². The summed E-state index contributed by atoms with van der Waals surface area (Å²) in [5.41, 5.74) is -0.269. The molecule has 0 radical (unpaired) electrons. The third kappa shape index (κ3) is 2.29. The lowest BCUT2D eigenvalue weighted by atomic mass is 10.2. The first-order valence-electron chi connectivity index (χ1n) is 3.57. The van der Waals surface area contributed by atoms with E-state index >= 15 is 0 Å². The van der Waals surface area contributed by atoms with Crippen LogP contribution in [0.4, 0.5) is 8.78 Å². The number of hydrogen-bond acceptors (Lipinski definition) is 1. The van der Waals surface area contributed by atoms with Crippen molar-refractivity contribution < 1.29 is 18.7 Å². The zero-order chi connectivity index (χ0) is 10.7. The van der Waals surface area contributed by atoms with Gasteiger partial charge < -0.3 is 5.11 Å². The average molecular weight is 219 g/mol. The Morgan fingerprint density at radius 2 is 1.93 bits per heavy atom. The van der Waals surface area contributed by atoms with Crippen molar-refractivity contribution in [1.82, 2.24) is 0 Å². The number of halogens is 3. The summed E-state index contributed by atoms with van der Waals surface area (Å²) in [7, 11) is 0. The molecular formula is C9H5ClF2O2. The van der Waals surface area contributed by atoms with Crippen LogP contribution in [0.5, 0.6) is 0 Å². The monoisotopic (exact) mass is 218 g/mol. The highest BCUT2D eigenvalue weighted by Gasteiger charge is 2.09. The van der Waals surface area contributed by atoms with E-state index < -0.39 is 22.6 Å². The average Bonchev–Trinajstić information content (AvgIpc) is 2.11. The van der Waals surface area contributed by atoms with Gasteiger partial charge in [0.1, 0.15) is 11.6 Å². The van der Waals surface area contributed by atoms with Gasteiger partial charge in [0.15, 0.2) is 0 Å². The molecule has 1 aromatic rings. The molecule has 0 unspecified atom stereocenters. The normalized spacial score (nSPS) is 10.8. The topological polar surface area (TPSA) is 37.3 Å². The Morgan fingerprint density at radius 1 is 1.36 bits per heavy atom. The van der Waals surface area contributed by atoms with Gasteiger partial charge in [-0.15, -0.1) is 0 Å². The highest BCUT2D eigenvalue weighted by atomic mass is 35.5. The number of carboxylic acid groups (broad SMARTS) is 1. The second kappa shape index (κ2) is 4.19. The van der Waals surface area contributed by atoms with Crippen LogP contribution in [0.1, 0.15) is 5.56 Å². The van der Waals surface area contributed by atoms with E-state index in [4.69, 9.17) is 16.7 Å². The molecule has 0 bridgehead atoms. The van der Waals surface area contributed by atoms with Crippen LogP contribution in [0, 0.1) is 11.6 Å². The molecule has 0 spiro atoms. The lowest BCUT2D eigenvalue weighted by Crippen LogP contribution is -1.90. The van der Waals surface area contributed by atoms with E-state index in [0.29, 0.717) is 6.08 Å². The molecule has 1 N–H and O–H groups in total. The van der Waals surface area contributed by atoms with Crippen molar-refractivity contribution in [3.8, 4) is 0 Å². The van der Waals surface area contributed by atoms with Crippen LogP contribution < -0.4 is 0 Å². The predicted octanol–water partition coefficient (Wildman–Crippen LogP) is 2.72. The number of hydrogen-bond donors (Lipinski definition) is 1. The van der Waals surface area contributed by atoms with Crippen LogP contribution in [0.25, 0.3) is 6.08 Å². The molecular weight excluding hydrogens is 214 g/mol. The first kappa shape index (κ1) is 10.7. The SMILES string of the molecule is O=C(O)/C=C/c1c(F)ccc(F)c1Cl. The minimum absolute atomic E-state index is 0.269. The van der Waals surface area contributed by atoms with Crippen LogP contribution in [0.3, 0.4) is 0 Å². The molecule has 2 nitrogen and oxygen atoms in total. The van der Waals surface area contributed by atoms with E-state index in [1.165, 1.54) is 0 Å². The number of rotatable bonds is 2. The van der Waals surface area contributed by atoms with Gasteiger partial charge in [-0.2, -0.15) is 0 Å². The molecule has 0 amide bonds. The van der Waals surface area contributed by atoms with E-state index in [9.17, 15) is 13.6 Å². The summed E-state index contributed by atoms with van der Waals surface area (Å²) in [5.74, 6) is -2.82. The number of aliphatic carboxylic acids is 1. The van der Waals surface area contributed by atoms with Gasteiger partial charge in [0.05, 0.1) is 5.02 Å². The fourth-order valence-corrected chi connectivity index (χ4v) is 1.07. The Bertz CT molecular complexity index is 402. The summed E-state index contributed by atoms with van der Waals surface area (Å²) in [6.45, 7) is 0. The van der Waals surface area contributed by atoms with Crippen LogP contribution in [0.2, 0.25) is 5.02 Å². The van der Waals surface area contributed by atoms with Crippen molar-refractivity contribution in [2.75, 3.05) is 0 Å². The van der Waals surface area contributed by atoms with Gasteiger partial charge in [0, 0.05) is 11.6 Å². The number of benzene rings is 1. The summed E-state index contributed by atoms with van der Waals surface area (Å²) in [6.07, 6.45) is 1.59. The molecule has 0 fully saturated rings. The van der Waals surface area contributed by atoms with Crippen molar-refractivity contribution in [2.45, 2.75) is 0 Å². The fourth-order valence-electron chi connectivity index (χ4n) is 0.850. The molecule has 1 rings (SSSR count). The first-order chi connectivity index (χ1) is 6.52. The van der Waals surface area contributed by atoms with E-state index in [-0.39, 0.29) is 5.56 Å². The molecule has 14 heavy (non-hydrogen) atoms. The quantitative estimate of drug-likeness (QED) is 0.612. The van der Waals surface area contributed by atoms with Gasteiger partial charge in [-0.3, -0.25) is 0 Å². The van der Waals surface area contributed by atoms with Crippen molar-refractivity contribution in [3.05, 3.63) is 40.4 Å². The maximum Gasteiger partial charge on any atom is 0.328 e. The second-order valence-electron chi connectivity index (χ2n) is 2.43. The lowest BCUT2D eigenvalue weighted by molar-refractivity contribution is -0.131. The Hall–Kier alpha value is -1.42. The Balaban J connectivity index is 3.19. The van der Waals surface area contributed by atoms with E-state index in [2.05, 4.69) is 0 Å². The Kier molecular flexibility index (Phi) is 3.19. The third-order valence-corrected chi connectivity index (χ3v) is 1.86. The molecule has 0 heterocycles. The summed E-state index contributed by atoms with van der Waals surface area (Å²) in [5, 5.41) is 7.85. The molecule has 0 aliphatic heterocycles. The van der Waals surface area contributed by atoms with Crippen molar-refractivity contribution in [1.29, 1.82) is 0 Å². The standard InChI is InChI=1S/C9H5ClF2O2/c10-9-5(1-4-8(13)14)6(11)2-3-7(9)12/h1-4H,(H,13,14)/b4-1+. The van der Waals surface area contributed by atoms with Gasteiger partial charge >= 0.3 is 5.97 Å². The van der Waals surface area contributed by atoms with E-state index in [0.717, 1.165) is 18.2 Å². The van der Waals surface area contributed by atoms with Crippen LogP contribution in [-0.2, 0) is 4.79 Å². The molecule has 5 heteroatoms. The van der Waals surface area contributed by atoms with Gasteiger partial charge in [-0.25, -0.2) is 13.6 Å². The fraction of sp³-hybridized carbons (Fsp3) is 0. The smallest absolute Gasteiger partial charge is 0.328 e. The summed E-state index contributed by atoms with van der Waals surface area (Å²) in [6, 6.07) is 1.75. The number of carbonyl (C=O) groups is 1. The molecule has 0 aliphatic rings. The molecule has 1 aromatic carbocycles. The second-order valence-corrected chi connectivity index (χ2v) is 2.81. The van der Waals surface area contributed by atoms with Crippen LogP contribution in [0.15, 0.2) is 18.2 Å². The van der Waals surface area contributed by atoms with Crippen molar-refractivity contribution in [3.63, 3.8) is 0 Å². The van der Waals surface area contributed by atoms with Crippen LogP contribution >= 0.6 is 11.6 Å². The molecule has 0 saturated heterocycles. The predicted molar refractivity (Wildman–Crippen MR) is 48.0 cm³/mol. The zero-order valence-electron chi connectivity index (χ0n) is 6.80. The molecule has 0 atom stereocenters. The van der Waals surface area contributed by atoms with Crippen molar-refractivity contribution in [2.24, 2.45) is 0 Å². The minimum Gasteiger partial charge on any atom is -0.478 e. The zero-order valence-corrected chi connectivity index (χ0v) is 7.55. The molecule has 0 saturated carbocycles. The summed E-state index contributed by atoms with van der Waals surface area (Å²) in [4.78, 5) is 10.1. The Labute approximate surface area is 83.4 Å². The Morgan fingerprint density at radius 3 is 2.50 bits per heavy atom. The van der Waals surface area contributed by atoms with Gasteiger partial charge in [-0.05, 0) is 18.2 Å². The first-order valence-corrected chi connectivity index (χ1v) is 3.94. The van der Waals surface area contributed by atoms with Crippen LogP contribution in [-0.4, -0.2) is 11.1 Å². The summed E-state index contributed by atoms with van der Waals surface area (Å²) < 4.78 is 25.8. The van der Waals surface area contributed by atoms with Gasteiger partial charge in [-0.1, -0.05) is 11.6 Å². The van der Waals surface area contributed by atoms with Crippen molar-refractivity contribution >= 4 is 23.6 Å².